The third-order valence-electron chi connectivity index (χ3n) is 6.35. The molecule has 0 spiro atoms. The van der Waals surface area contributed by atoms with Crippen LogP contribution in [0.15, 0.2) is 100 Å². The van der Waals surface area contributed by atoms with Gasteiger partial charge in [-0.1, -0.05) is 35.3 Å². The Morgan fingerprint density at radius 1 is 0.592 bits per heavy atom. The summed E-state index contributed by atoms with van der Waals surface area (Å²) in [6.45, 7) is 6.14. The molecule has 0 bridgehead atoms. The Labute approximate surface area is 291 Å². The minimum Gasteiger partial charge on any atom is -0.323 e. The van der Waals surface area contributed by atoms with Crippen molar-refractivity contribution in [1.82, 2.24) is 0 Å². The predicted molar refractivity (Wildman–Crippen MR) is 186 cm³/mol. The van der Waals surface area contributed by atoms with Crippen LogP contribution in [0.4, 0.5) is 17.6 Å². The van der Waals surface area contributed by atoms with E-state index in [4.69, 9.17) is 29.0 Å². The summed E-state index contributed by atoms with van der Waals surface area (Å²) >= 11 is 11.4. The van der Waals surface area contributed by atoms with Crippen molar-refractivity contribution in [1.29, 1.82) is 0 Å². The summed E-state index contributed by atoms with van der Waals surface area (Å²) < 4.78 is 51.7. The largest absolute Gasteiger partial charge is 0.323 e. The summed E-state index contributed by atoms with van der Waals surface area (Å²) in [6.07, 6.45) is 0.199. The highest BCUT2D eigenvalue weighted by atomic mass is 35.5. The number of hydrogen-bond acceptors (Lipinski definition) is 7. The molecule has 4 rings (SSSR count). The molecule has 0 fully saturated rings. The van der Waals surface area contributed by atoms with E-state index in [1.165, 1.54) is 25.1 Å². The molecule has 49 heavy (non-hydrogen) atoms. The second kappa shape index (κ2) is 19.7. The number of Topliss-reactive ketones (excluding diaryl/α,β-unsaturated/α-hetero) is 3. The van der Waals surface area contributed by atoms with E-state index in [1.54, 1.807) is 69.3 Å². The lowest BCUT2D eigenvalue weighted by Crippen LogP contribution is -2.12. The van der Waals surface area contributed by atoms with E-state index in [-0.39, 0.29) is 47.2 Å². The third kappa shape index (κ3) is 13.9. The first-order chi connectivity index (χ1) is 23.1. The predicted octanol–water partition coefficient (Wildman–Crippen LogP) is 8.83. The molecular weight excluding hydrogens is 683 g/mol. The fraction of sp³-hybridized carbons (Fsp3) is 0.167. The molecule has 0 aromatic heterocycles. The number of halogens is 6. The van der Waals surface area contributed by atoms with E-state index in [9.17, 15) is 31.9 Å². The molecule has 0 atom stereocenters. The van der Waals surface area contributed by atoms with Crippen LogP contribution in [0.1, 0.15) is 59.5 Å². The highest BCUT2D eigenvalue weighted by molar-refractivity contribution is 6.45. The van der Waals surface area contributed by atoms with Gasteiger partial charge in [0.1, 0.15) is 40.5 Å². The van der Waals surface area contributed by atoms with Gasteiger partial charge in [0, 0.05) is 51.9 Å². The average molecular weight is 716 g/mol. The normalized spacial score (nSPS) is 11.5. The van der Waals surface area contributed by atoms with E-state index in [1.807, 2.05) is 0 Å². The van der Waals surface area contributed by atoms with Gasteiger partial charge in [-0.05, 0) is 99.5 Å². The Bertz CT molecular complexity index is 1880. The highest BCUT2D eigenvalue weighted by Gasteiger charge is 2.11. The standard InChI is InChI=1S/C18H15ClF2N2O.C9H9ClN2O.C9H8F2O/c1-11(9-14-5-8-16(20)10-17(14)21)22-23-12(2)18(24)13-3-6-15(19)7-4-13;1-6(12-11)9(13)7-2-4-8(10)5-3-7;1-6(12)4-7-2-3-8(10)5-9(7)11/h3-8,10H,9H2,1-2H3;2-5H,11H2,1H3;2-3,5H,4H2,1H3/b22-11-,23-12-;12-6-;. The zero-order valence-corrected chi connectivity index (χ0v) is 28.4. The number of nitrogens with zero attached hydrogens (tertiary/aromatic N) is 3. The second-order valence-electron chi connectivity index (χ2n) is 10.4. The van der Waals surface area contributed by atoms with Crippen molar-refractivity contribution in [2.24, 2.45) is 21.1 Å². The average Bonchev–Trinajstić information content (AvgIpc) is 3.06. The molecular formula is C36H32Cl2F4N4O3. The van der Waals surface area contributed by atoms with Gasteiger partial charge in [-0.3, -0.25) is 14.4 Å². The lowest BCUT2D eigenvalue weighted by Gasteiger charge is -2.02. The molecule has 0 aliphatic rings. The smallest absolute Gasteiger partial charge is 0.208 e. The van der Waals surface area contributed by atoms with Crippen molar-refractivity contribution in [3.05, 3.63) is 140 Å². The second-order valence-corrected chi connectivity index (χ2v) is 11.3. The molecule has 13 heteroatoms. The summed E-state index contributed by atoms with van der Waals surface area (Å²) in [5.74, 6) is 1.84. The van der Waals surface area contributed by atoms with Crippen LogP contribution in [0.2, 0.25) is 10.0 Å². The van der Waals surface area contributed by atoms with Crippen molar-refractivity contribution in [2.75, 3.05) is 0 Å². The number of ketones is 3. The van der Waals surface area contributed by atoms with Crippen molar-refractivity contribution in [3.63, 3.8) is 0 Å². The summed E-state index contributed by atoms with van der Waals surface area (Å²) in [6, 6.07) is 19.6. The van der Waals surface area contributed by atoms with Gasteiger partial charge in [0.25, 0.3) is 0 Å². The number of carbonyl (C=O) groups is 3. The minimum atomic E-state index is -0.662. The van der Waals surface area contributed by atoms with Crippen LogP contribution >= 0.6 is 23.2 Å². The molecule has 7 nitrogen and oxygen atoms in total. The third-order valence-corrected chi connectivity index (χ3v) is 6.85. The topological polar surface area (TPSA) is 114 Å². The first-order valence-corrected chi connectivity index (χ1v) is 15.2. The monoisotopic (exact) mass is 714 g/mol. The van der Waals surface area contributed by atoms with Crippen LogP contribution in [0.25, 0.3) is 0 Å². The van der Waals surface area contributed by atoms with E-state index >= 15 is 0 Å². The Morgan fingerprint density at radius 3 is 1.39 bits per heavy atom. The summed E-state index contributed by atoms with van der Waals surface area (Å²) in [4.78, 5) is 34.2. The van der Waals surface area contributed by atoms with E-state index in [2.05, 4.69) is 15.3 Å². The summed E-state index contributed by atoms with van der Waals surface area (Å²) in [5, 5.41) is 12.3. The molecule has 0 aliphatic heterocycles. The van der Waals surface area contributed by atoms with E-state index in [0.29, 0.717) is 32.4 Å². The fourth-order valence-corrected chi connectivity index (χ4v) is 4.05. The molecule has 0 saturated carbocycles. The van der Waals surface area contributed by atoms with E-state index in [0.717, 1.165) is 18.2 Å². The quantitative estimate of drug-likeness (QED) is 0.0613. The van der Waals surface area contributed by atoms with Crippen LogP contribution in [0, 0.1) is 23.3 Å². The number of rotatable bonds is 9. The Morgan fingerprint density at radius 2 is 1.00 bits per heavy atom. The molecule has 0 heterocycles. The van der Waals surface area contributed by atoms with Gasteiger partial charge in [0.15, 0.2) is 0 Å². The van der Waals surface area contributed by atoms with Crippen LogP contribution in [0.3, 0.4) is 0 Å². The number of nitrogens with two attached hydrogens (primary N) is 1. The molecule has 0 radical (unpaired) electrons. The van der Waals surface area contributed by atoms with Gasteiger partial charge in [0.2, 0.25) is 11.6 Å². The van der Waals surface area contributed by atoms with Gasteiger partial charge in [0.05, 0.1) is 0 Å². The summed E-state index contributed by atoms with van der Waals surface area (Å²) in [7, 11) is 0. The van der Waals surface area contributed by atoms with Crippen molar-refractivity contribution in [3.8, 4) is 0 Å². The van der Waals surface area contributed by atoms with Crippen molar-refractivity contribution in [2.45, 2.75) is 40.5 Å². The lowest BCUT2D eigenvalue weighted by molar-refractivity contribution is -0.116. The van der Waals surface area contributed by atoms with Crippen LogP contribution < -0.4 is 5.84 Å². The Balaban J connectivity index is 0.000000281. The molecule has 0 unspecified atom stereocenters. The number of carbonyl (C=O) groups excluding carboxylic acids is 3. The van der Waals surface area contributed by atoms with E-state index < -0.39 is 23.3 Å². The zero-order valence-electron chi connectivity index (χ0n) is 26.9. The molecule has 4 aromatic rings. The number of hydrazone groups is 1. The van der Waals surface area contributed by atoms with Gasteiger partial charge < -0.3 is 5.84 Å². The molecule has 0 saturated heterocycles. The maximum absolute atomic E-state index is 13.6. The molecule has 2 N–H and O–H groups in total. The first-order valence-electron chi connectivity index (χ1n) is 14.4. The molecule has 0 amide bonds. The fourth-order valence-electron chi connectivity index (χ4n) is 3.79. The van der Waals surface area contributed by atoms with Crippen LogP contribution in [-0.4, -0.2) is 34.5 Å². The first kappa shape index (κ1) is 40.2. The maximum atomic E-state index is 13.6. The molecule has 0 aliphatic carbocycles. The minimum absolute atomic E-state index is 0.0200. The Hall–Kier alpha value is -5.00. The van der Waals surface area contributed by atoms with Crippen LogP contribution in [-0.2, 0) is 17.6 Å². The molecule has 4 aromatic carbocycles. The van der Waals surface area contributed by atoms with Gasteiger partial charge in [-0.15, -0.1) is 0 Å². The number of hydrogen-bond donors (Lipinski definition) is 1. The van der Waals surface area contributed by atoms with Crippen molar-refractivity contribution < 1.29 is 31.9 Å². The Kier molecular flexibility index (Phi) is 16.2. The van der Waals surface area contributed by atoms with Crippen molar-refractivity contribution >= 4 is 57.7 Å². The lowest BCUT2D eigenvalue weighted by atomic mass is 10.1. The van der Waals surface area contributed by atoms with Crippen LogP contribution in [0.5, 0.6) is 0 Å². The maximum Gasteiger partial charge on any atom is 0.208 e. The molecule has 256 valence electrons. The zero-order chi connectivity index (χ0) is 36.7. The van der Waals surface area contributed by atoms with Gasteiger partial charge >= 0.3 is 0 Å². The number of benzene rings is 4. The summed E-state index contributed by atoms with van der Waals surface area (Å²) in [5.41, 5.74) is 2.54. The SMILES string of the molecule is C/C(=N/N)C(=O)c1ccc(Cl)cc1.C/C(Cc1ccc(F)cc1F)=N/N=C(/C)C(=O)c1ccc(Cl)cc1.CC(=O)Cc1ccc(F)cc1F. The highest BCUT2D eigenvalue weighted by Crippen LogP contribution is 2.13. The van der Waals surface area contributed by atoms with Gasteiger partial charge in [-0.25, -0.2) is 17.6 Å². The van der Waals surface area contributed by atoms with Gasteiger partial charge in [-0.2, -0.15) is 15.3 Å².